The summed E-state index contributed by atoms with van der Waals surface area (Å²) < 4.78 is 64.8. The maximum Gasteiger partial charge on any atom is 0.416 e. The summed E-state index contributed by atoms with van der Waals surface area (Å²) in [6.45, 7) is 5.23. The van der Waals surface area contributed by atoms with Gasteiger partial charge in [0.1, 0.15) is 0 Å². The van der Waals surface area contributed by atoms with Crippen molar-refractivity contribution in [3.05, 3.63) is 65.2 Å². The fraction of sp³-hybridized carbons (Fsp3) is 0.462. The van der Waals surface area contributed by atoms with Crippen molar-refractivity contribution in [2.75, 3.05) is 26.2 Å². The van der Waals surface area contributed by atoms with Gasteiger partial charge in [0, 0.05) is 37.3 Å². The Balaban J connectivity index is 1.42. The third-order valence-electron chi connectivity index (χ3n) is 7.45. The molecule has 0 bridgehead atoms. The molecule has 2 aromatic carbocycles. The van der Waals surface area contributed by atoms with Crippen LogP contribution in [0.3, 0.4) is 0 Å². The van der Waals surface area contributed by atoms with E-state index in [1.54, 1.807) is 47.9 Å². The van der Waals surface area contributed by atoms with Gasteiger partial charge >= 0.3 is 6.18 Å². The first-order valence-electron chi connectivity index (χ1n) is 11.9. The highest BCUT2D eigenvalue weighted by Crippen LogP contribution is 2.39. The van der Waals surface area contributed by atoms with Gasteiger partial charge in [-0.3, -0.25) is 9.59 Å². The standard InChI is InChI=1S/C26H29F3N2O4S/c1-25(2,36(34,35)22-6-3-5-21(17-22)26(27,28)29)20-11-15-31(16-12-20)24(33)19-9-7-18(8-10-19)23(32)30-13-4-14-30/h3,5-10,17,20H,4,11-16H2,1-2H3. The monoisotopic (exact) mass is 522 g/mol. The summed E-state index contributed by atoms with van der Waals surface area (Å²) in [5.74, 6) is -0.585. The third-order valence-corrected chi connectivity index (χ3v) is 10.0. The molecule has 0 spiro atoms. The number of nitrogens with zero attached hydrogens (tertiary/aromatic N) is 2. The normalized spacial score (nSPS) is 17.6. The Labute approximate surface area is 209 Å². The second kappa shape index (κ2) is 9.53. The molecule has 2 aliphatic heterocycles. The van der Waals surface area contributed by atoms with Crippen LogP contribution >= 0.6 is 0 Å². The lowest BCUT2D eigenvalue weighted by Gasteiger charge is -2.40. The van der Waals surface area contributed by atoms with Crippen LogP contribution < -0.4 is 0 Å². The summed E-state index contributed by atoms with van der Waals surface area (Å²) >= 11 is 0. The van der Waals surface area contributed by atoms with Gasteiger partial charge in [0.05, 0.1) is 15.2 Å². The zero-order chi connectivity index (χ0) is 26.3. The maximum absolute atomic E-state index is 13.4. The SMILES string of the molecule is CC(C)(C1CCN(C(=O)c2ccc(C(=O)N3CCC3)cc2)CC1)S(=O)(=O)c1cccc(C(F)(F)F)c1. The zero-order valence-corrected chi connectivity index (χ0v) is 21.0. The van der Waals surface area contributed by atoms with Gasteiger partial charge in [0.25, 0.3) is 11.8 Å². The molecule has 0 saturated carbocycles. The van der Waals surface area contributed by atoms with Crippen LogP contribution in [0, 0.1) is 5.92 Å². The molecule has 0 atom stereocenters. The molecule has 2 aliphatic rings. The molecule has 0 aromatic heterocycles. The Bertz CT molecular complexity index is 1240. The van der Waals surface area contributed by atoms with E-state index in [1.165, 1.54) is 6.07 Å². The highest BCUT2D eigenvalue weighted by Gasteiger charge is 2.45. The predicted octanol–water partition coefficient (Wildman–Crippen LogP) is 4.66. The van der Waals surface area contributed by atoms with Gasteiger partial charge in [-0.25, -0.2) is 8.42 Å². The van der Waals surface area contributed by atoms with Crippen molar-refractivity contribution in [3.63, 3.8) is 0 Å². The molecule has 0 aliphatic carbocycles. The molecule has 2 saturated heterocycles. The van der Waals surface area contributed by atoms with Crippen LogP contribution in [0.15, 0.2) is 53.4 Å². The first-order valence-corrected chi connectivity index (χ1v) is 13.4. The second-order valence-corrected chi connectivity index (χ2v) is 12.5. The van der Waals surface area contributed by atoms with Gasteiger partial charge in [-0.15, -0.1) is 0 Å². The van der Waals surface area contributed by atoms with E-state index in [4.69, 9.17) is 0 Å². The van der Waals surface area contributed by atoms with Crippen molar-refractivity contribution < 1.29 is 31.2 Å². The van der Waals surface area contributed by atoms with E-state index in [-0.39, 0.29) is 22.6 Å². The number of carbonyl (C=O) groups is 2. The van der Waals surface area contributed by atoms with Crippen LogP contribution in [0.2, 0.25) is 0 Å². The van der Waals surface area contributed by atoms with Crippen molar-refractivity contribution in [1.29, 1.82) is 0 Å². The molecule has 10 heteroatoms. The Morgan fingerprint density at radius 1 is 0.833 bits per heavy atom. The molecule has 0 N–H and O–H groups in total. The molecule has 2 fully saturated rings. The quantitative estimate of drug-likeness (QED) is 0.573. The fourth-order valence-corrected chi connectivity index (χ4v) is 6.60. The number of alkyl halides is 3. The number of sulfone groups is 1. The van der Waals surface area contributed by atoms with Crippen molar-refractivity contribution in [3.8, 4) is 0 Å². The number of carbonyl (C=O) groups excluding carboxylic acids is 2. The largest absolute Gasteiger partial charge is 0.416 e. The molecule has 0 unspecified atom stereocenters. The number of piperidine rings is 1. The van der Waals surface area contributed by atoms with Crippen LogP contribution in [-0.4, -0.2) is 61.0 Å². The predicted molar refractivity (Wildman–Crippen MR) is 128 cm³/mol. The summed E-state index contributed by atoms with van der Waals surface area (Å²) in [4.78, 5) is 28.4. The van der Waals surface area contributed by atoms with Gasteiger partial charge in [-0.2, -0.15) is 13.2 Å². The van der Waals surface area contributed by atoms with Crippen LogP contribution in [0.4, 0.5) is 13.2 Å². The average Bonchev–Trinajstić information content (AvgIpc) is 2.82. The molecule has 2 heterocycles. The molecule has 36 heavy (non-hydrogen) atoms. The molecule has 194 valence electrons. The number of halogens is 3. The fourth-order valence-electron chi connectivity index (χ4n) is 4.78. The van der Waals surface area contributed by atoms with E-state index >= 15 is 0 Å². The summed E-state index contributed by atoms with van der Waals surface area (Å²) in [6.07, 6.45) is -2.83. The summed E-state index contributed by atoms with van der Waals surface area (Å²) in [6, 6.07) is 10.4. The first-order chi connectivity index (χ1) is 16.8. The Morgan fingerprint density at radius 3 is 1.78 bits per heavy atom. The summed E-state index contributed by atoms with van der Waals surface area (Å²) in [5, 5.41) is 0. The number of hydrogen-bond donors (Lipinski definition) is 0. The molecular weight excluding hydrogens is 493 g/mol. The number of benzene rings is 2. The summed E-state index contributed by atoms with van der Waals surface area (Å²) in [7, 11) is -4.07. The van der Waals surface area contributed by atoms with Gasteiger partial charge < -0.3 is 9.80 Å². The van der Waals surface area contributed by atoms with Crippen molar-refractivity contribution in [2.24, 2.45) is 5.92 Å². The summed E-state index contributed by atoms with van der Waals surface area (Å²) in [5.41, 5.74) is -0.0200. The highest BCUT2D eigenvalue weighted by molar-refractivity contribution is 7.92. The van der Waals surface area contributed by atoms with Crippen LogP contribution in [0.1, 0.15) is 59.4 Å². The van der Waals surface area contributed by atoms with Crippen molar-refractivity contribution >= 4 is 21.7 Å². The maximum atomic E-state index is 13.4. The molecule has 2 aromatic rings. The average molecular weight is 523 g/mol. The Hall–Kier alpha value is -2.88. The van der Waals surface area contributed by atoms with Gasteiger partial charge in [0.2, 0.25) is 0 Å². The molecule has 0 radical (unpaired) electrons. The van der Waals surface area contributed by atoms with Crippen LogP contribution in [-0.2, 0) is 16.0 Å². The van der Waals surface area contributed by atoms with E-state index in [1.807, 2.05) is 0 Å². The lowest BCUT2D eigenvalue weighted by Crippen LogP contribution is -2.47. The molecular formula is C26H29F3N2O4S. The minimum atomic E-state index is -4.64. The van der Waals surface area contributed by atoms with Gasteiger partial charge in [-0.1, -0.05) is 6.07 Å². The lowest BCUT2D eigenvalue weighted by atomic mass is 9.85. The van der Waals surface area contributed by atoms with E-state index < -0.39 is 26.3 Å². The lowest BCUT2D eigenvalue weighted by molar-refractivity contribution is -0.137. The van der Waals surface area contributed by atoms with Crippen molar-refractivity contribution in [1.82, 2.24) is 9.80 Å². The number of amides is 2. The highest BCUT2D eigenvalue weighted by atomic mass is 32.2. The van der Waals surface area contributed by atoms with Gasteiger partial charge in [0.15, 0.2) is 9.84 Å². The minimum Gasteiger partial charge on any atom is -0.339 e. The van der Waals surface area contributed by atoms with E-state index in [0.717, 1.165) is 31.6 Å². The number of likely N-dealkylation sites (tertiary alicyclic amines) is 2. The number of hydrogen-bond acceptors (Lipinski definition) is 4. The molecule has 2 amide bonds. The third kappa shape index (κ3) is 4.87. The molecule has 4 rings (SSSR count). The Kier molecular flexibility index (Phi) is 6.94. The van der Waals surface area contributed by atoms with Crippen LogP contribution in [0.25, 0.3) is 0 Å². The smallest absolute Gasteiger partial charge is 0.339 e. The van der Waals surface area contributed by atoms with E-state index in [0.29, 0.717) is 43.1 Å². The van der Waals surface area contributed by atoms with Gasteiger partial charge in [-0.05, 0) is 81.5 Å². The van der Waals surface area contributed by atoms with Crippen LogP contribution in [0.5, 0.6) is 0 Å². The zero-order valence-electron chi connectivity index (χ0n) is 20.2. The van der Waals surface area contributed by atoms with Crippen molar-refractivity contribution in [2.45, 2.75) is 48.9 Å². The van der Waals surface area contributed by atoms with E-state index in [2.05, 4.69) is 0 Å². The Morgan fingerprint density at radius 2 is 1.33 bits per heavy atom. The molecule has 6 nitrogen and oxygen atoms in total. The topological polar surface area (TPSA) is 74.8 Å². The number of rotatable bonds is 5. The van der Waals surface area contributed by atoms with E-state index in [9.17, 15) is 31.2 Å². The second-order valence-electron chi connectivity index (χ2n) is 9.92. The minimum absolute atomic E-state index is 0.0507. The first kappa shape index (κ1) is 26.2.